The predicted octanol–water partition coefficient (Wildman–Crippen LogP) is 2.70. The zero-order chi connectivity index (χ0) is 16.9. The summed E-state index contributed by atoms with van der Waals surface area (Å²) >= 11 is 0. The highest BCUT2D eigenvalue weighted by Gasteiger charge is 2.29. The van der Waals surface area contributed by atoms with Gasteiger partial charge >= 0.3 is 6.09 Å². The van der Waals surface area contributed by atoms with Crippen molar-refractivity contribution in [2.75, 3.05) is 26.7 Å². The van der Waals surface area contributed by atoms with Gasteiger partial charge in [0.25, 0.3) is 0 Å². The molecule has 0 bridgehead atoms. The maximum atomic E-state index is 12.4. The van der Waals surface area contributed by atoms with E-state index in [9.17, 15) is 9.59 Å². The van der Waals surface area contributed by atoms with Crippen LogP contribution < -0.4 is 0 Å². The number of nitrogens with zero attached hydrogens (tertiary/aromatic N) is 2. The minimum absolute atomic E-state index is 0.137. The molecule has 1 unspecified atom stereocenters. The highest BCUT2D eigenvalue weighted by atomic mass is 16.6. The number of rotatable bonds is 5. The van der Waals surface area contributed by atoms with Crippen molar-refractivity contribution in [2.45, 2.75) is 38.2 Å². The second-order valence-electron chi connectivity index (χ2n) is 6.94. The van der Waals surface area contributed by atoms with E-state index in [0.717, 1.165) is 32.4 Å². The summed E-state index contributed by atoms with van der Waals surface area (Å²) in [6, 6.07) is 10.6. The fourth-order valence-corrected chi connectivity index (χ4v) is 3.58. The smallest absolute Gasteiger partial charge is 0.409 e. The van der Waals surface area contributed by atoms with Gasteiger partial charge in [0, 0.05) is 26.6 Å². The number of benzene rings is 1. The maximum absolute atomic E-state index is 12.4. The first-order chi connectivity index (χ1) is 11.6. The number of amides is 2. The van der Waals surface area contributed by atoms with E-state index in [1.165, 1.54) is 5.56 Å². The minimum Gasteiger partial charge on any atom is -0.444 e. The van der Waals surface area contributed by atoms with Gasteiger partial charge in [0.05, 0.1) is 6.54 Å². The van der Waals surface area contributed by atoms with Crippen molar-refractivity contribution in [3.05, 3.63) is 35.9 Å². The Morgan fingerprint density at radius 2 is 1.92 bits per heavy atom. The summed E-state index contributed by atoms with van der Waals surface area (Å²) < 4.78 is 5.21. The number of likely N-dealkylation sites (N-methyl/N-ethyl adjacent to an activating group) is 1. The first-order valence-electron chi connectivity index (χ1n) is 8.85. The molecule has 0 aliphatic carbocycles. The zero-order valence-electron chi connectivity index (χ0n) is 14.3. The van der Waals surface area contributed by atoms with Crippen LogP contribution in [0.2, 0.25) is 0 Å². The van der Waals surface area contributed by atoms with Gasteiger partial charge in [-0.3, -0.25) is 4.79 Å². The molecular formula is C19H26N2O3. The molecule has 2 saturated heterocycles. The first kappa shape index (κ1) is 16.8. The van der Waals surface area contributed by atoms with Crippen molar-refractivity contribution in [3.8, 4) is 0 Å². The molecule has 2 amide bonds. The molecule has 0 N–H and O–H groups in total. The second-order valence-corrected chi connectivity index (χ2v) is 6.94. The van der Waals surface area contributed by atoms with E-state index in [1.54, 1.807) is 11.9 Å². The van der Waals surface area contributed by atoms with Crippen LogP contribution in [0.4, 0.5) is 4.79 Å². The van der Waals surface area contributed by atoms with Crippen molar-refractivity contribution < 1.29 is 14.3 Å². The number of hydrogen-bond acceptors (Lipinski definition) is 3. The lowest BCUT2D eigenvalue weighted by atomic mass is 9.90. The molecule has 24 heavy (non-hydrogen) atoms. The van der Waals surface area contributed by atoms with Crippen LogP contribution in [0, 0.1) is 5.92 Å². The zero-order valence-corrected chi connectivity index (χ0v) is 14.3. The molecule has 2 aliphatic heterocycles. The van der Waals surface area contributed by atoms with Gasteiger partial charge < -0.3 is 14.5 Å². The SMILES string of the molecule is CN1CC(CCC(=O)N2CCC(Cc3ccccc3)CC2)OC1=O. The Morgan fingerprint density at radius 3 is 2.54 bits per heavy atom. The molecule has 5 nitrogen and oxygen atoms in total. The first-order valence-corrected chi connectivity index (χ1v) is 8.85. The lowest BCUT2D eigenvalue weighted by Crippen LogP contribution is -2.39. The van der Waals surface area contributed by atoms with E-state index in [4.69, 9.17) is 4.74 Å². The average Bonchev–Trinajstić information content (AvgIpc) is 2.92. The third kappa shape index (κ3) is 4.28. The molecule has 2 heterocycles. The number of ether oxygens (including phenoxy) is 1. The minimum atomic E-state index is -0.283. The Hall–Kier alpha value is -2.04. The highest BCUT2D eigenvalue weighted by molar-refractivity contribution is 5.76. The van der Waals surface area contributed by atoms with Crippen LogP contribution in [0.1, 0.15) is 31.2 Å². The Labute approximate surface area is 143 Å². The summed E-state index contributed by atoms with van der Waals surface area (Å²) in [5, 5.41) is 0. The van der Waals surface area contributed by atoms with Gasteiger partial charge in [-0.25, -0.2) is 4.79 Å². The molecule has 5 heteroatoms. The number of cyclic esters (lactones) is 1. The van der Waals surface area contributed by atoms with Crippen LogP contribution in [-0.4, -0.2) is 54.6 Å². The second kappa shape index (κ2) is 7.69. The van der Waals surface area contributed by atoms with Crippen LogP contribution in [0.25, 0.3) is 0 Å². The quantitative estimate of drug-likeness (QED) is 0.834. The van der Waals surface area contributed by atoms with Gasteiger partial charge in [-0.2, -0.15) is 0 Å². The van der Waals surface area contributed by atoms with E-state index < -0.39 is 0 Å². The molecule has 130 valence electrons. The van der Waals surface area contributed by atoms with E-state index in [2.05, 4.69) is 24.3 Å². The topological polar surface area (TPSA) is 49.9 Å². The Kier molecular flexibility index (Phi) is 5.38. The molecule has 1 atom stereocenters. The Morgan fingerprint density at radius 1 is 1.21 bits per heavy atom. The third-order valence-corrected chi connectivity index (χ3v) is 5.07. The van der Waals surface area contributed by atoms with Gasteiger partial charge in [0.1, 0.15) is 6.10 Å². The fraction of sp³-hybridized carbons (Fsp3) is 0.579. The molecule has 2 fully saturated rings. The van der Waals surface area contributed by atoms with Crippen molar-refractivity contribution in [3.63, 3.8) is 0 Å². The molecular weight excluding hydrogens is 304 g/mol. The fourth-order valence-electron chi connectivity index (χ4n) is 3.58. The standard InChI is InChI=1S/C19H26N2O3/c1-20-14-17(24-19(20)23)7-8-18(22)21-11-9-16(10-12-21)13-15-5-3-2-4-6-15/h2-6,16-17H,7-14H2,1H3. The largest absolute Gasteiger partial charge is 0.444 e. The maximum Gasteiger partial charge on any atom is 0.409 e. The van der Waals surface area contributed by atoms with Crippen molar-refractivity contribution in [2.24, 2.45) is 5.92 Å². The summed E-state index contributed by atoms with van der Waals surface area (Å²) in [5.74, 6) is 0.861. The summed E-state index contributed by atoms with van der Waals surface area (Å²) in [7, 11) is 1.72. The van der Waals surface area contributed by atoms with Crippen LogP contribution in [0.5, 0.6) is 0 Å². The van der Waals surface area contributed by atoms with Crippen LogP contribution in [0.3, 0.4) is 0 Å². The summed E-state index contributed by atoms with van der Waals surface area (Å²) in [6.07, 6.45) is 3.92. The van der Waals surface area contributed by atoms with Crippen molar-refractivity contribution in [1.29, 1.82) is 0 Å². The molecule has 0 radical (unpaired) electrons. The van der Waals surface area contributed by atoms with E-state index in [0.29, 0.717) is 25.3 Å². The van der Waals surface area contributed by atoms with Gasteiger partial charge in [0.2, 0.25) is 5.91 Å². The summed E-state index contributed by atoms with van der Waals surface area (Å²) in [6.45, 7) is 2.28. The lowest BCUT2D eigenvalue weighted by molar-refractivity contribution is -0.133. The summed E-state index contributed by atoms with van der Waals surface area (Å²) in [5.41, 5.74) is 1.38. The molecule has 2 aliphatic rings. The molecule has 0 spiro atoms. The monoisotopic (exact) mass is 330 g/mol. The van der Waals surface area contributed by atoms with Crippen LogP contribution in [-0.2, 0) is 16.0 Å². The van der Waals surface area contributed by atoms with E-state index in [1.807, 2.05) is 11.0 Å². The van der Waals surface area contributed by atoms with Gasteiger partial charge in [-0.1, -0.05) is 30.3 Å². The summed E-state index contributed by atoms with van der Waals surface area (Å²) in [4.78, 5) is 27.2. The van der Waals surface area contributed by atoms with Gasteiger partial charge in [-0.05, 0) is 37.2 Å². The van der Waals surface area contributed by atoms with E-state index >= 15 is 0 Å². The normalized spacial score (nSPS) is 21.9. The lowest BCUT2D eigenvalue weighted by Gasteiger charge is -2.32. The van der Waals surface area contributed by atoms with Crippen molar-refractivity contribution in [1.82, 2.24) is 9.80 Å². The molecule has 1 aromatic carbocycles. The van der Waals surface area contributed by atoms with Crippen molar-refractivity contribution >= 4 is 12.0 Å². The predicted molar refractivity (Wildman–Crippen MR) is 91.6 cm³/mol. The number of carbonyl (C=O) groups is 2. The number of hydrogen-bond donors (Lipinski definition) is 0. The molecule has 1 aromatic rings. The highest BCUT2D eigenvalue weighted by Crippen LogP contribution is 2.23. The van der Waals surface area contributed by atoms with Gasteiger partial charge in [0.15, 0.2) is 0 Å². The molecule has 0 aromatic heterocycles. The van der Waals surface area contributed by atoms with Crippen LogP contribution in [0.15, 0.2) is 30.3 Å². The number of piperidine rings is 1. The average molecular weight is 330 g/mol. The molecule has 3 rings (SSSR count). The third-order valence-electron chi connectivity index (χ3n) is 5.07. The Balaban J connectivity index is 1.38. The Bertz CT molecular complexity index is 567. The number of likely N-dealkylation sites (tertiary alicyclic amines) is 1. The van der Waals surface area contributed by atoms with Gasteiger partial charge in [-0.15, -0.1) is 0 Å². The van der Waals surface area contributed by atoms with Crippen LogP contribution >= 0.6 is 0 Å². The van der Waals surface area contributed by atoms with E-state index in [-0.39, 0.29) is 18.1 Å². The number of carbonyl (C=O) groups excluding carboxylic acids is 2. The molecule has 0 saturated carbocycles.